The number of fused-ring (bicyclic) bond motifs is 1. The molecule has 0 aliphatic rings. The number of guanidine groups is 2. The summed E-state index contributed by atoms with van der Waals surface area (Å²) >= 11 is 2.95. The van der Waals surface area contributed by atoms with Gasteiger partial charge in [-0.1, -0.05) is 11.3 Å². The Bertz CT molecular complexity index is 2300. The largest absolute Gasteiger partial charge is 0.416 e. The number of nitrogens with one attached hydrogen (secondary N) is 10. The van der Waals surface area contributed by atoms with Crippen molar-refractivity contribution in [1.82, 2.24) is 15.6 Å². The lowest BCUT2D eigenvalue weighted by Crippen LogP contribution is -2.31. The molecule has 1 aromatic heterocycles. The number of nitrogens with zero attached hydrogens (tertiary/aromatic N) is 1. The van der Waals surface area contributed by atoms with E-state index in [2.05, 4.69) is 47.5 Å². The average Bonchev–Trinajstić information content (AvgIpc) is 3.63. The molecule has 0 aliphatic carbocycles. The predicted molar refractivity (Wildman–Crippen MR) is 252 cm³/mol. The topological polar surface area (TPSA) is 329 Å². The highest BCUT2D eigenvalue weighted by atomic mass is 32.2. The van der Waals surface area contributed by atoms with Crippen LogP contribution in [0.25, 0.3) is 10.2 Å². The minimum atomic E-state index is -4.87. The number of amides is 6. The Hall–Kier alpha value is -6.23. The van der Waals surface area contributed by atoms with E-state index < -0.39 is 47.4 Å². The van der Waals surface area contributed by atoms with E-state index in [-0.39, 0.29) is 92.7 Å². The molecule has 0 aliphatic heterocycles. The van der Waals surface area contributed by atoms with Gasteiger partial charge in [-0.25, -0.2) is 14.6 Å². The Labute approximate surface area is 391 Å². The quantitative estimate of drug-likeness (QED) is 0.0125. The molecular formula is C39H49F6N15O4S3. The second kappa shape index (κ2) is 25.1. The van der Waals surface area contributed by atoms with Gasteiger partial charge in [0.2, 0.25) is 11.8 Å². The van der Waals surface area contributed by atoms with Crippen molar-refractivity contribution in [3.05, 3.63) is 53.6 Å². The molecule has 19 nitrogen and oxygen atoms in total. The van der Waals surface area contributed by atoms with Crippen LogP contribution in [0.4, 0.5) is 69.5 Å². The number of thioether (sulfide) groups is 2. The number of benzene rings is 3. The Balaban J connectivity index is 1.51. The lowest BCUT2D eigenvalue weighted by Gasteiger charge is -2.19. The van der Waals surface area contributed by atoms with Crippen molar-refractivity contribution in [2.24, 2.45) is 22.9 Å². The molecule has 4 aromatic rings. The Kier molecular flexibility index (Phi) is 20.0. The summed E-state index contributed by atoms with van der Waals surface area (Å²) in [6.07, 6.45) is -8.27. The number of urea groups is 2. The summed E-state index contributed by atoms with van der Waals surface area (Å²) in [5, 5.41) is 34.5. The number of unbranched alkanes of at least 4 members (excludes halogenated alkanes) is 2. The van der Waals surface area contributed by atoms with Gasteiger partial charge >= 0.3 is 24.4 Å². The fraction of sp³-hybridized carbons (Fsp3) is 0.359. The van der Waals surface area contributed by atoms with E-state index in [1.165, 1.54) is 18.2 Å². The number of carbonyl (C=O) groups excluding carboxylic acids is 4. The van der Waals surface area contributed by atoms with Gasteiger partial charge in [-0.2, -0.15) is 26.3 Å². The summed E-state index contributed by atoms with van der Waals surface area (Å²) < 4.78 is 84.9. The molecule has 0 unspecified atom stereocenters. The van der Waals surface area contributed by atoms with Gasteiger partial charge in [0.05, 0.1) is 53.9 Å². The van der Waals surface area contributed by atoms with E-state index in [1.54, 1.807) is 0 Å². The third-order valence-electron chi connectivity index (χ3n) is 8.76. The summed E-state index contributed by atoms with van der Waals surface area (Å²) in [5.74, 6) is -1.23. The number of alkyl halides is 6. The van der Waals surface area contributed by atoms with E-state index >= 15 is 0 Å². The average molecular weight is 1000 g/mol. The first-order valence-electron chi connectivity index (χ1n) is 20.1. The van der Waals surface area contributed by atoms with Crippen LogP contribution < -0.4 is 65.5 Å². The maximum atomic E-state index is 14.1. The zero-order valence-electron chi connectivity index (χ0n) is 35.4. The number of anilines is 6. The Morgan fingerprint density at radius 2 is 1.04 bits per heavy atom. The lowest BCUT2D eigenvalue weighted by molar-refractivity contribution is -0.138. The standard InChI is InChI=1S/C39H49F6N15O4S3/c40-38(41,42)20-15-24(55-29(61)5-1-3-11-52-33(48)49)31(65-13-9-46)26(17-20)57-35(63)54-22-7-8-23-28(19-22)67-37(59-23)60-36(64)58-27-18-21(39(43,44)45)16-25(32(27)66-14-10-47)56-30(62)6-2-4-12-53-34(50)51/h7-8,15-19H,1-6,9-14,46-47H2,(H,55,61)(H,56,62)(H4,48,49,52)(H4,50,51,53)(H2,54,57,63)(H2,58,59,60,64). The number of hydrogen-bond donors (Lipinski definition) is 14. The van der Waals surface area contributed by atoms with Crippen molar-refractivity contribution in [3.8, 4) is 0 Å². The van der Waals surface area contributed by atoms with E-state index in [0.717, 1.165) is 59.1 Å². The number of carbonyl (C=O) groups is 4. The first-order valence-corrected chi connectivity index (χ1v) is 22.9. The second-order valence-corrected chi connectivity index (χ2v) is 17.4. The molecule has 0 saturated heterocycles. The molecule has 0 spiro atoms. The Morgan fingerprint density at radius 1 is 0.612 bits per heavy atom. The van der Waals surface area contributed by atoms with Gasteiger partial charge in [-0.3, -0.25) is 25.7 Å². The molecule has 28 heteroatoms. The van der Waals surface area contributed by atoms with Crippen LogP contribution in [0.15, 0.2) is 52.3 Å². The number of thiazole rings is 1. The van der Waals surface area contributed by atoms with Crippen LogP contribution >= 0.6 is 34.9 Å². The number of hydrogen-bond acceptors (Lipinski definition) is 12. The van der Waals surface area contributed by atoms with Gasteiger partial charge in [-0.15, -0.1) is 23.5 Å². The van der Waals surface area contributed by atoms with E-state index in [1.807, 2.05) is 0 Å². The van der Waals surface area contributed by atoms with Crippen molar-refractivity contribution in [2.45, 2.75) is 60.7 Å². The molecule has 67 heavy (non-hydrogen) atoms. The maximum absolute atomic E-state index is 14.1. The number of rotatable bonds is 22. The Morgan fingerprint density at radius 3 is 1.46 bits per heavy atom. The normalized spacial score (nSPS) is 11.4. The molecule has 0 bridgehead atoms. The minimum Gasteiger partial charge on any atom is -0.370 e. The van der Waals surface area contributed by atoms with Crippen LogP contribution in [0.5, 0.6) is 0 Å². The van der Waals surface area contributed by atoms with Gasteiger partial charge in [0.1, 0.15) is 0 Å². The molecule has 4 rings (SSSR count). The second-order valence-electron chi connectivity index (χ2n) is 14.1. The molecule has 364 valence electrons. The fourth-order valence-electron chi connectivity index (χ4n) is 5.87. The van der Waals surface area contributed by atoms with Gasteiger partial charge in [0.25, 0.3) is 0 Å². The SMILES string of the molecule is N=C(N)NCCCCC(=O)Nc1cc(C(F)(F)F)cc(NC(=O)Nc2ccc3nc(NC(=O)Nc4cc(C(F)(F)F)cc(NC(=O)CCCCNC(=N)N)c4SCCN)sc3c2)c1SCCN. The zero-order chi connectivity index (χ0) is 49.3. The third-order valence-corrected chi connectivity index (χ3v) is 12.0. The fourth-order valence-corrected chi connectivity index (χ4v) is 8.48. The lowest BCUT2D eigenvalue weighted by atomic mass is 10.1. The molecule has 1 heterocycles. The smallest absolute Gasteiger partial charge is 0.370 e. The molecular weight excluding hydrogens is 953 g/mol. The van der Waals surface area contributed by atoms with E-state index in [4.69, 9.17) is 33.8 Å². The first kappa shape index (κ1) is 53.4. The van der Waals surface area contributed by atoms with Crippen LogP contribution in [0.2, 0.25) is 0 Å². The van der Waals surface area contributed by atoms with Crippen LogP contribution in [0, 0.1) is 10.8 Å². The van der Waals surface area contributed by atoms with Crippen LogP contribution in [0.3, 0.4) is 0 Å². The van der Waals surface area contributed by atoms with Crippen molar-refractivity contribution < 1.29 is 45.5 Å². The first-order chi connectivity index (χ1) is 31.7. The van der Waals surface area contributed by atoms with Gasteiger partial charge in [0, 0.05) is 56.2 Å². The molecule has 18 N–H and O–H groups in total. The highest BCUT2D eigenvalue weighted by molar-refractivity contribution is 7.99. The predicted octanol–water partition coefficient (Wildman–Crippen LogP) is 6.91. The summed E-state index contributed by atoms with van der Waals surface area (Å²) in [6, 6.07) is 5.41. The number of aromatic nitrogens is 1. The highest BCUT2D eigenvalue weighted by Crippen LogP contribution is 2.43. The van der Waals surface area contributed by atoms with Crippen molar-refractivity contribution >= 4 is 114 Å². The molecule has 0 radical (unpaired) electrons. The summed E-state index contributed by atoms with van der Waals surface area (Å²) in [5.41, 5.74) is 19.1. The van der Waals surface area contributed by atoms with Crippen LogP contribution in [-0.4, -0.2) is 78.5 Å². The third kappa shape index (κ3) is 17.5. The minimum absolute atomic E-state index is 0.00197. The maximum Gasteiger partial charge on any atom is 0.416 e. The molecule has 0 saturated carbocycles. The highest BCUT2D eigenvalue weighted by Gasteiger charge is 2.34. The molecule has 3 aromatic carbocycles. The van der Waals surface area contributed by atoms with Crippen molar-refractivity contribution in [1.29, 1.82) is 10.8 Å². The van der Waals surface area contributed by atoms with Gasteiger partial charge < -0.3 is 60.2 Å². The number of nitrogens with two attached hydrogens (primary N) is 4. The van der Waals surface area contributed by atoms with Crippen LogP contribution in [-0.2, 0) is 21.9 Å². The van der Waals surface area contributed by atoms with E-state index in [9.17, 15) is 45.5 Å². The van der Waals surface area contributed by atoms with E-state index in [0.29, 0.717) is 49.0 Å². The van der Waals surface area contributed by atoms with Crippen molar-refractivity contribution in [3.63, 3.8) is 0 Å². The van der Waals surface area contributed by atoms with Gasteiger partial charge in [-0.05, 0) is 68.1 Å². The molecule has 0 fully saturated rings. The summed E-state index contributed by atoms with van der Waals surface area (Å²) in [6.45, 7) is 0.866. The molecule has 6 amide bonds. The van der Waals surface area contributed by atoms with Crippen LogP contribution in [0.1, 0.15) is 49.7 Å². The summed E-state index contributed by atoms with van der Waals surface area (Å²) in [7, 11) is 0. The molecule has 0 atom stereocenters. The number of halogens is 6. The zero-order valence-corrected chi connectivity index (χ0v) is 37.9. The van der Waals surface area contributed by atoms with Crippen molar-refractivity contribution in [2.75, 3.05) is 69.6 Å². The van der Waals surface area contributed by atoms with Gasteiger partial charge in [0.15, 0.2) is 17.1 Å². The monoisotopic (exact) mass is 1000 g/mol. The summed E-state index contributed by atoms with van der Waals surface area (Å²) in [4.78, 5) is 56.8.